The minimum Gasteiger partial charge on any atom is -0.234 e. The van der Waals surface area contributed by atoms with Crippen molar-refractivity contribution in [3.8, 4) is 0 Å². The number of hydrogen-bond donors (Lipinski definition) is 0. The molecule has 1 heterocycles. The third-order valence-corrected chi connectivity index (χ3v) is 10.3. The van der Waals surface area contributed by atoms with Crippen molar-refractivity contribution in [1.29, 1.82) is 0 Å². The highest BCUT2D eigenvalue weighted by Crippen LogP contribution is 2.16. The van der Waals surface area contributed by atoms with E-state index < -0.39 is 0 Å². The molecule has 0 atom stereocenters. The molecule has 1 aromatic rings. The van der Waals surface area contributed by atoms with Crippen LogP contribution in [0.1, 0.15) is 245 Å². The number of aromatic nitrogens is 2. The minimum absolute atomic E-state index is 1.23. The lowest BCUT2D eigenvalue weighted by molar-refractivity contribution is -0.704. The standard InChI is InChI=1S/C43H85N2/c1-4-7-10-13-16-19-22-24-27-30-33-36-39-44-41-42-45(40-37-34-31-28-25-23-20-17-14-11-8-5-2)43(44)38-35-32-29-26-21-18-15-12-9-6-3/h41-42H,4-40H2,1-3H3/q+1. The van der Waals surface area contributed by atoms with Crippen molar-refractivity contribution in [3.05, 3.63) is 18.2 Å². The van der Waals surface area contributed by atoms with Crippen LogP contribution in [-0.4, -0.2) is 4.57 Å². The van der Waals surface area contributed by atoms with Gasteiger partial charge in [-0.15, -0.1) is 0 Å². The van der Waals surface area contributed by atoms with Gasteiger partial charge in [-0.25, -0.2) is 9.13 Å². The van der Waals surface area contributed by atoms with Gasteiger partial charge in [0, 0.05) is 6.42 Å². The first-order chi connectivity index (χ1) is 22.3. The summed E-state index contributed by atoms with van der Waals surface area (Å²) in [7, 11) is 0. The summed E-state index contributed by atoms with van der Waals surface area (Å²) in [6.07, 6.45) is 54.8. The number of rotatable bonds is 37. The smallest absolute Gasteiger partial charge is 0.234 e. The average molecular weight is 630 g/mol. The molecule has 0 spiro atoms. The Labute approximate surface area is 285 Å². The van der Waals surface area contributed by atoms with Gasteiger partial charge in [0.2, 0.25) is 0 Å². The van der Waals surface area contributed by atoms with Gasteiger partial charge in [0.25, 0.3) is 5.82 Å². The Kier molecular flexibility index (Phi) is 32.4. The second-order valence-electron chi connectivity index (χ2n) is 14.8. The monoisotopic (exact) mass is 630 g/mol. The second-order valence-corrected chi connectivity index (χ2v) is 14.8. The van der Waals surface area contributed by atoms with Crippen molar-refractivity contribution < 1.29 is 4.57 Å². The Bertz CT molecular complexity index is 647. The van der Waals surface area contributed by atoms with E-state index in [4.69, 9.17) is 0 Å². The maximum absolute atomic E-state index is 2.64. The molecular formula is C43H85N2+. The van der Waals surface area contributed by atoms with E-state index in [0.717, 1.165) is 0 Å². The van der Waals surface area contributed by atoms with E-state index in [1.165, 1.54) is 238 Å². The van der Waals surface area contributed by atoms with Gasteiger partial charge in [-0.3, -0.25) is 0 Å². The molecule has 266 valence electrons. The molecule has 2 nitrogen and oxygen atoms in total. The van der Waals surface area contributed by atoms with Crippen LogP contribution in [0, 0.1) is 0 Å². The Morgan fingerprint density at radius 1 is 0.378 bits per heavy atom. The molecule has 0 aliphatic heterocycles. The van der Waals surface area contributed by atoms with Crippen LogP contribution in [-0.2, 0) is 19.5 Å². The summed E-state index contributed by atoms with van der Waals surface area (Å²) in [5.74, 6) is 1.63. The molecule has 0 saturated carbocycles. The van der Waals surface area contributed by atoms with Crippen LogP contribution in [0.15, 0.2) is 12.4 Å². The molecular weight excluding hydrogens is 544 g/mol. The molecule has 0 aliphatic rings. The van der Waals surface area contributed by atoms with Crippen molar-refractivity contribution in [2.45, 2.75) is 259 Å². The molecule has 0 aliphatic carbocycles. The van der Waals surface area contributed by atoms with Crippen LogP contribution in [0.2, 0.25) is 0 Å². The predicted molar refractivity (Wildman–Crippen MR) is 202 cm³/mol. The first kappa shape index (κ1) is 42.2. The summed E-state index contributed by atoms with van der Waals surface area (Å²) in [4.78, 5) is 0. The molecule has 0 N–H and O–H groups in total. The van der Waals surface area contributed by atoms with Gasteiger partial charge in [0.1, 0.15) is 12.4 Å². The number of imidazole rings is 1. The van der Waals surface area contributed by atoms with Gasteiger partial charge in [-0.1, -0.05) is 207 Å². The Hall–Kier alpha value is -0.790. The first-order valence-corrected chi connectivity index (χ1v) is 21.4. The van der Waals surface area contributed by atoms with E-state index in [0.29, 0.717) is 0 Å². The normalized spacial score (nSPS) is 11.6. The SMILES string of the molecule is CCCCCCCCCCCCCCn1cc[n+](CCCCCCCCCCCCCC)c1CCCCCCCCCCCC. The summed E-state index contributed by atoms with van der Waals surface area (Å²) in [5.41, 5.74) is 0. The lowest BCUT2D eigenvalue weighted by atomic mass is 10.0. The number of aryl methyl sites for hydroxylation is 2. The van der Waals surface area contributed by atoms with Gasteiger partial charge in [0.15, 0.2) is 0 Å². The van der Waals surface area contributed by atoms with E-state index in [-0.39, 0.29) is 0 Å². The Balaban J connectivity index is 2.29. The number of nitrogens with zero attached hydrogens (tertiary/aromatic N) is 2. The molecule has 2 heteroatoms. The molecule has 45 heavy (non-hydrogen) atoms. The predicted octanol–water partition coefficient (Wildman–Crippen LogP) is 14.6. The number of hydrogen-bond acceptors (Lipinski definition) is 0. The van der Waals surface area contributed by atoms with E-state index >= 15 is 0 Å². The fraction of sp³-hybridized carbons (Fsp3) is 0.930. The van der Waals surface area contributed by atoms with Crippen molar-refractivity contribution in [1.82, 2.24) is 4.57 Å². The van der Waals surface area contributed by atoms with Crippen LogP contribution in [0.25, 0.3) is 0 Å². The number of unbranched alkanes of at least 4 members (excludes halogenated alkanes) is 31. The molecule has 0 fully saturated rings. The third-order valence-electron chi connectivity index (χ3n) is 10.3. The van der Waals surface area contributed by atoms with Gasteiger partial charge in [0.05, 0.1) is 13.1 Å². The lowest BCUT2D eigenvalue weighted by Gasteiger charge is -2.07. The van der Waals surface area contributed by atoms with Gasteiger partial charge >= 0.3 is 0 Å². The molecule has 0 bridgehead atoms. The third kappa shape index (κ3) is 26.9. The summed E-state index contributed by atoms with van der Waals surface area (Å²) in [5, 5.41) is 0. The highest BCUT2D eigenvalue weighted by Gasteiger charge is 2.16. The van der Waals surface area contributed by atoms with Gasteiger partial charge in [-0.05, 0) is 32.1 Å². The summed E-state index contributed by atoms with van der Waals surface area (Å²) >= 11 is 0. The molecule has 0 saturated heterocycles. The van der Waals surface area contributed by atoms with Crippen LogP contribution in [0.5, 0.6) is 0 Å². The van der Waals surface area contributed by atoms with Gasteiger partial charge in [-0.2, -0.15) is 0 Å². The van der Waals surface area contributed by atoms with E-state index in [1.807, 2.05) is 0 Å². The van der Waals surface area contributed by atoms with Crippen molar-refractivity contribution in [3.63, 3.8) is 0 Å². The average Bonchev–Trinajstić information content (AvgIpc) is 3.43. The van der Waals surface area contributed by atoms with Crippen LogP contribution >= 0.6 is 0 Å². The fourth-order valence-electron chi connectivity index (χ4n) is 7.21. The molecule has 0 aromatic carbocycles. The van der Waals surface area contributed by atoms with Crippen LogP contribution < -0.4 is 4.57 Å². The lowest BCUT2D eigenvalue weighted by Crippen LogP contribution is -2.37. The quantitative estimate of drug-likeness (QED) is 0.0511. The molecule has 0 amide bonds. The fourth-order valence-corrected chi connectivity index (χ4v) is 7.21. The minimum atomic E-state index is 1.23. The van der Waals surface area contributed by atoms with E-state index in [2.05, 4.69) is 42.3 Å². The zero-order valence-corrected chi connectivity index (χ0v) is 31.7. The first-order valence-electron chi connectivity index (χ1n) is 21.4. The van der Waals surface area contributed by atoms with E-state index in [9.17, 15) is 0 Å². The van der Waals surface area contributed by atoms with Crippen molar-refractivity contribution >= 4 is 0 Å². The van der Waals surface area contributed by atoms with E-state index in [1.54, 1.807) is 5.82 Å². The van der Waals surface area contributed by atoms with Crippen molar-refractivity contribution in [2.24, 2.45) is 0 Å². The highest BCUT2D eigenvalue weighted by molar-refractivity contribution is 4.84. The zero-order chi connectivity index (χ0) is 32.3. The summed E-state index contributed by atoms with van der Waals surface area (Å²) < 4.78 is 5.29. The summed E-state index contributed by atoms with van der Waals surface area (Å²) in [6.45, 7) is 9.41. The highest BCUT2D eigenvalue weighted by atomic mass is 15.1. The maximum Gasteiger partial charge on any atom is 0.256 e. The van der Waals surface area contributed by atoms with Gasteiger partial charge < -0.3 is 0 Å². The largest absolute Gasteiger partial charge is 0.256 e. The molecule has 1 aromatic heterocycles. The molecule has 0 unspecified atom stereocenters. The molecule has 1 rings (SSSR count). The topological polar surface area (TPSA) is 8.81 Å². The Morgan fingerprint density at radius 2 is 0.689 bits per heavy atom. The summed E-state index contributed by atoms with van der Waals surface area (Å²) in [6, 6.07) is 0. The molecule has 0 radical (unpaired) electrons. The zero-order valence-electron chi connectivity index (χ0n) is 31.7. The van der Waals surface area contributed by atoms with Crippen LogP contribution in [0.3, 0.4) is 0 Å². The Morgan fingerprint density at radius 3 is 1.07 bits per heavy atom. The second kappa shape index (κ2) is 34.5. The van der Waals surface area contributed by atoms with Crippen molar-refractivity contribution in [2.75, 3.05) is 0 Å². The van der Waals surface area contributed by atoms with Crippen LogP contribution in [0.4, 0.5) is 0 Å². The maximum atomic E-state index is 2.64.